The lowest BCUT2D eigenvalue weighted by atomic mass is 10.2. The van der Waals surface area contributed by atoms with E-state index in [4.69, 9.17) is 4.52 Å². The van der Waals surface area contributed by atoms with E-state index in [2.05, 4.69) is 19.9 Å². The summed E-state index contributed by atoms with van der Waals surface area (Å²) < 4.78 is 58.6. The molecule has 1 aromatic carbocycles. The molecule has 0 spiro atoms. The van der Waals surface area contributed by atoms with E-state index in [-0.39, 0.29) is 34.3 Å². The van der Waals surface area contributed by atoms with Gasteiger partial charge < -0.3 is 9.84 Å². The highest BCUT2D eigenvalue weighted by atomic mass is 32.2. The lowest BCUT2D eigenvalue weighted by Gasteiger charge is -2.14. The van der Waals surface area contributed by atoms with Gasteiger partial charge in [0.2, 0.25) is 26.0 Å². The molecule has 0 aliphatic rings. The Labute approximate surface area is 170 Å². The smallest absolute Gasteiger partial charge is 0.246 e. The van der Waals surface area contributed by atoms with Gasteiger partial charge in [0.05, 0.1) is 10.9 Å². The molecule has 0 saturated heterocycles. The third kappa shape index (κ3) is 5.85. The number of rotatable bonds is 9. The fourth-order valence-corrected chi connectivity index (χ4v) is 5.09. The molecule has 0 saturated carbocycles. The Morgan fingerprint density at radius 2 is 1.66 bits per heavy atom. The van der Waals surface area contributed by atoms with E-state index in [0.717, 1.165) is 5.56 Å². The Balaban J connectivity index is 1.87. The average molecular weight is 445 g/mol. The standard InChI is InChI=1S/C17H24N4O6S2/c1-11-5-7-15(8-6-11)28(23,24)19-10-9-18-17(22)13(3)21-29(25,26)16-12(2)20-27-14(16)4/h5-8,13,19,21H,9-10H2,1-4H3,(H,18,22)/t13-/m0/s1. The van der Waals surface area contributed by atoms with Gasteiger partial charge in [0.25, 0.3) is 0 Å². The van der Waals surface area contributed by atoms with Crippen molar-refractivity contribution in [2.75, 3.05) is 13.1 Å². The number of benzene rings is 1. The van der Waals surface area contributed by atoms with Crippen molar-refractivity contribution in [3.63, 3.8) is 0 Å². The van der Waals surface area contributed by atoms with E-state index >= 15 is 0 Å². The second-order valence-electron chi connectivity index (χ2n) is 6.50. The lowest BCUT2D eigenvalue weighted by molar-refractivity contribution is -0.122. The third-order valence-corrected chi connectivity index (χ3v) is 7.27. The highest BCUT2D eigenvalue weighted by Crippen LogP contribution is 2.18. The molecule has 2 rings (SSSR count). The summed E-state index contributed by atoms with van der Waals surface area (Å²) in [6, 6.07) is 5.26. The van der Waals surface area contributed by atoms with Gasteiger partial charge in [0.1, 0.15) is 10.6 Å². The van der Waals surface area contributed by atoms with E-state index in [9.17, 15) is 21.6 Å². The molecule has 1 amide bonds. The van der Waals surface area contributed by atoms with Gasteiger partial charge in [-0.15, -0.1) is 0 Å². The van der Waals surface area contributed by atoms with Crippen molar-refractivity contribution in [3.8, 4) is 0 Å². The molecule has 12 heteroatoms. The first kappa shape index (κ1) is 23.0. The largest absolute Gasteiger partial charge is 0.360 e. The Morgan fingerprint density at radius 3 is 2.21 bits per heavy atom. The third-order valence-electron chi connectivity index (χ3n) is 4.01. The minimum absolute atomic E-state index is 0.0126. The zero-order valence-electron chi connectivity index (χ0n) is 16.5. The van der Waals surface area contributed by atoms with E-state index in [1.807, 2.05) is 6.92 Å². The summed E-state index contributed by atoms with van der Waals surface area (Å²) in [5.74, 6) is -0.483. The van der Waals surface area contributed by atoms with Crippen molar-refractivity contribution >= 4 is 26.0 Å². The number of nitrogens with one attached hydrogen (secondary N) is 3. The highest BCUT2D eigenvalue weighted by molar-refractivity contribution is 7.89. The molecule has 0 unspecified atom stereocenters. The van der Waals surface area contributed by atoms with Gasteiger partial charge in [0, 0.05) is 13.1 Å². The van der Waals surface area contributed by atoms with Crippen LogP contribution in [0.5, 0.6) is 0 Å². The van der Waals surface area contributed by atoms with Gasteiger partial charge >= 0.3 is 0 Å². The van der Waals surface area contributed by atoms with Crippen LogP contribution >= 0.6 is 0 Å². The number of nitrogens with zero attached hydrogens (tertiary/aromatic N) is 1. The first-order valence-corrected chi connectivity index (χ1v) is 11.7. The molecule has 3 N–H and O–H groups in total. The van der Waals surface area contributed by atoms with E-state index in [1.54, 1.807) is 12.1 Å². The van der Waals surface area contributed by atoms with Crippen LogP contribution < -0.4 is 14.8 Å². The Bertz CT molecular complexity index is 1060. The van der Waals surface area contributed by atoms with E-state index in [0.29, 0.717) is 0 Å². The van der Waals surface area contributed by atoms with Crippen LogP contribution in [0.4, 0.5) is 0 Å². The summed E-state index contributed by atoms with van der Waals surface area (Å²) in [5.41, 5.74) is 1.12. The summed E-state index contributed by atoms with van der Waals surface area (Å²) >= 11 is 0. The van der Waals surface area contributed by atoms with Crippen LogP contribution in [0.1, 0.15) is 23.9 Å². The quantitative estimate of drug-likeness (QED) is 0.473. The van der Waals surface area contributed by atoms with Crippen molar-refractivity contribution in [3.05, 3.63) is 41.3 Å². The number of amides is 1. The monoisotopic (exact) mass is 444 g/mol. The molecule has 1 heterocycles. The Morgan fingerprint density at radius 1 is 1.03 bits per heavy atom. The predicted octanol–water partition coefficient (Wildman–Crippen LogP) is 0.361. The summed E-state index contributed by atoms with van der Waals surface area (Å²) in [6.07, 6.45) is 0. The van der Waals surface area contributed by atoms with E-state index in [1.165, 1.54) is 32.9 Å². The summed E-state index contributed by atoms with van der Waals surface area (Å²) in [4.78, 5) is 12.1. The molecule has 160 valence electrons. The van der Waals surface area contributed by atoms with Gasteiger partial charge in [-0.25, -0.2) is 21.6 Å². The van der Waals surface area contributed by atoms with Crippen molar-refractivity contribution in [1.29, 1.82) is 0 Å². The fraction of sp³-hybridized carbons (Fsp3) is 0.412. The highest BCUT2D eigenvalue weighted by Gasteiger charge is 2.28. The van der Waals surface area contributed by atoms with Gasteiger partial charge in [-0.2, -0.15) is 4.72 Å². The van der Waals surface area contributed by atoms with Crippen LogP contribution in [0.25, 0.3) is 0 Å². The number of aryl methyl sites for hydroxylation is 3. The SMILES string of the molecule is Cc1ccc(S(=O)(=O)NCCNC(=O)[C@H](C)NS(=O)(=O)c2c(C)noc2C)cc1. The molecule has 0 aliphatic carbocycles. The fourth-order valence-electron chi connectivity index (χ4n) is 2.53. The molecule has 2 aromatic rings. The minimum Gasteiger partial charge on any atom is -0.360 e. The van der Waals surface area contributed by atoms with Crippen LogP contribution in [-0.4, -0.2) is 47.0 Å². The van der Waals surface area contributed by atoms with E-state index < -0.39 is 32.0 Å². The number of sulfonamides is 2. The topological polar surface area (TPSA) is 147 Å². The van der Waals surface area contributed by atoms with Crippen molar-refractivity contribution in [1.82, 2.24) is 19.9 Å². The second-order valence-corrected chi connectivity index (χ2v) is 9.92. The molecule has 1 atom stereocenters. The first-order valence-electron chi connectivity index (χ1n) is 8.73. The maximum absolute atomic E-state index is 12.4. The maximum atomic E-state index is 12.4. The molecule has 1 aromatic heterocycles. The van der Waals surface area contributed by atoms with Crippen LogP contribution in [0.3, 0.4) is 0 Å². The van der Waals surface area contributed by atoms with Crippen LogP contribution in [0, 0.1) is 20.8 Å². The van der Waals surface area contributed by atoms with Crippen molar-refractivity contribution < 1.29 is 26.2 Å². The normalized spacial score (nSPS) is 13.2. The van der Waals surface area contributed by atoms with Gasteiger partial charge in [-0.3, -0.25) is 4.79 Å². The molecule has 0 aliphatic heterocycles. The number of hydrogen-bond donors (Lipinski definition) is 3. The van der Waals surface area contributed by atoms with Gasteiger partial charge in [0.15, 0.2) is 5.76 Å². The summed E-state index contributed by atoms with van der Waals surface area (Å²) in [5, 5.41) is 6.07. The molecular formula is C17H24N4O6S2. The second kappa shape index (κ2) is 9.03. The number of carbonyl (C=O) groups is 1. The molecule has 0 bridgehead atoms. The number of aromatic nitrogens is 1. The molecule has 10 nitrogen and oxygen atoms in total. The first-order chi connectivity index (χ1) is 13.4. The van der Waals surface area contributed by atoms with Crippen LogP contribution in [0.2, 0.25) is 0 Å². The van der Waals surface area contributed by atoms with Crippen molar-refractivity contribution in [2.45, 2.75) is 43.5 Å². The van der Waals surface area contributed by atoms with Gasteiger partial charge in [-0.05, 0) is 39.8 Å². The summed E-state index contributed by atoms with van der Waals surface area (Å²) in [6.45, 7) is 6.10. The number of hydrogen-bond acceptors (Lipinski definition) is 7. The average Bonchev–Trinajstić information content (AvgIpc) is 2.97. The molecular weight excluding hydrogens is 420 g/mol. The molecule has 0 radical (unpaired) electrons. The molecule has 29 heavy (non-hydrogen) atoms. The van der Waals surface area contributed by atoms with Crippen molar-refractivity contribution in [2.24, 2.45) is 0 Å². The zero-order chi connectivity index (χ0) is 21.8. The lowest BCUT2D eigenvalue weighted by Crippen LogP contribution is -2.46. The maximum Gasteiger partial charge on any atom is 0.246 e. The van der Waals surface area contributed by atoms with Gasteiger partial charge in [-0.1, -0.05) is 22.9 Å². The van der Waals surface area contributed by atoms with Crippen LogP contribution in [-0.2, 0) is 24.8 Å². The number of carbonyl (C=O) groups excluding carboxylic acids is 1. The van der Waals surface area contributed by atoms with Crippen LogP contribution in [0.15, 0.2) is 38.6 Å². The Kier molecular flexibility index (Phi) is 7.16. The zero-order valence-corrected chi connectivity index (χ0v) is 18.1. The molecule has 0 fully saturated rings. The minimum atomic E-state index is -3.99. The Hall–Kier alpha value is -2.28. The summed E-state index contributed by atoms with van der Waals surface area (Å²) in [7, 11) is -7.69. The predicted molar refractivity (Wildman–Crippen MR) is 105 cm³/mol.